The zero-order valence-electron chi connectivity index (χ0n) is 11.3. The Bertz CT molecular complexity index is 421. The summed E-state index contributed by atoms with van der Waals surface area (Å²) in [6, 6.07) is 4.99. The summed E-state index contributed by atoms with van der Waals surface area (Å²) in [6.45, 7) is 2.49. The Labute approximate surface area is 119 Å². The Morgan fingerprint density at radius 3 is 2.79 bits per heavy atom. The predicted octanol–water partition coefficient (Wildman–Crippen LogP) is 3.43. The first kappa shape index (κ1) is 14.8. The average Bonchev–Trinajstić information content (AvgIpc) is 2.34. The Morgan fingerprint density at radius 2 is 2.21 bits per heavy atom. The maximum absolute atomic E-state index is 13.9. The first-order valence-corrected chi connectivity index (χ1v) is 7.17. The second-order valence-electron chi connectivity index (χ2n) is 5.44. The summed E-state index contributed by atoms with van der Waals surface area (Å²) in [6.07, 6.45) is 4.35. The van der Waals surface area contributed by atoms with Gasteiger partial charge in [0, 0.05) is 25.2 Å². The third kappa shape index (κ3) is 3.91. The van der Waals surface area contributed by atoms with Gasteiger partial charge in [-0.3, -0.25) is 0 Å². The van der Waals surface area contributed by atoms with E-state index in [1.165, 1.54) is 12.5 Å². The molecular formula is C15H21ClFNO. The summed E-state index contributed by atoms with van der Waals surface area (Å²) >= 11 is 5.79. The van der Waals surface area contributed by atoms with Gasteiger partial charge < -0.3 is 10.1 Å². The summed E-state index contributed by atoms with van der Waals surface area (Å²) in [5.41, 5.74) is 0.986. The van der Waals surface area contributed by atoms with Gasteiger partial charge in [0.2, 0.25) is 0 Å². The van der Waals surface area contributed by atoms with Crippen LogP contribution in [-0.4, -0.2) is 26.8 Å². The van der Waals surface area contributed by atoms with Crippen LogP contribution in [0.15, 0.2) is 18.2 Å². The van der Waals surface area contributed by atoms with Crippen molar-refractivity contribution in [3.63, 3.8) is 0 Å². The second-order valence-corrected chi connectivity index (χ2v) is 5.87. The van der Waals surface area contributed by atoms with Gasteiger partial charge in [-0.15, -0.1) is 0 Å². The van der Waals surface area contributed by atoms with E-state index in [9.17, 15) is 4.39 Å². The summed E-state index contributed by atoms with van der Waals surface area (Å²) in [5.74, 6) is -0.185. The normalized spacial score (nSPS) is 17.2. The van der Waals surface area contributed by atoms with Crippen molar-refractivity contribution >= 4 is 11.6 Å². The van der Waals surface area contributed by atoms with Crippen molar-refractivity contribution in [3.05, 3.63) is 34.6 Å². The highest BCUT2D eigenvalue weighted by molar-refractivity contribution is 6.30. The van der Waals surface area contributed by atoms with Crippen LogP contribution in [0.2, 0.25) is 5.02 Å². The van der Waals surface area contributed by atoms with E-state index in [4.69, 9.17) is 16.3 Å². The predicted molar refractivity (Wildman–Crippen MR) is 76.1 cm³/mol. The number of halogens is 2. The van der Waals surface area contributed by atoms with Gasteiger partial charge in [0.15, 0.2) is 0 Å². The third-order valence-corrected chi connectivity index (χ3v) is 4.21. The van der Waals surface area contributed by atoms with Crippen molar-refractivity contribution in [2.45, 2.75) is 25.7 Å². The molecule has 1 N–H and O–H groups in total. The molecule has 0 atom stereocenters. The van der Waals surface area contributed by atoms with Crippen molar-refractivity contribution in [3.8, 4) is 0 Å². The molecule has 1 aliphatic rings. The fourth-order valence-electron chi connectivity index (χ4n) is 2.69. The summed E-state index contributed by atoms with van der Waals surface area (Å²) in [5, 5.41) is 3.87. The number of hydrogen-bond donors (Lipinski definition) is 1. The number of hydrogen-bond acceptors (Lipinski definition) is 2. The van der Waals surface area contributed by atoms with Crippen molar-refractivity contribution in [1.82, 2.24) is 5.32 Å². The maximum Gasteiger partial charge on any atom is 0.127 e. The van der Waals surface area contributed by atoms with Gasteiger partial charge in [-0.25, -0.2) is 4.39 Å². The largest absolute Gasteiger partial charge is 0.383 e. The van der Waals surface area contributed by atoms with Crippen LogP contribution >= 0.6 is 11.6 Å². The fourth-order valence-corrected chi connectivity index (χ4v) is 2.85. The molecule has 0 bridgehead atoms. The van der Waals surface area contributed by atoms with E-state index < -0.39 is 0 Å². The first-order chi connectivity index (χ1) is 9.15. The highest BCUT2D eigenvalue weighted by atomic mass is 35.5. The maximum atomic E-state index is 13.9. The van der Waals surface area contributed by atoms with E-state index in [-0.39, 0.29) is 11.2 Å². The van der Waals surface area contributed by atoms with Crippen molar-refractivity contribution < 1.29 is 9.13 Å². The number of benzene rings is 1. The van der Waals surface area contributed by atoms with E-state index in [2.05, 4.69) is 5.32 Å². The van der Waals surface area contributed by atoms with E-state index in [1.807, 2.05) is 6.07 Å². The lowest BCUT2D eigenvalue weighted by Gasteiger charge is -2.42. The Balaban J connectivity index is 1.94. The Kier molecular flexibility index (Phi) is 5.20. The minimum absolute atomic E-state index is 0.185. The quantitative estimate of drug-likeness (QED) is 0.775. The lowest BCUT2D eigenvalue weighted by atomic mass is 9.65. The van der Waals surface area contributed by atoms with E-state index in [1.54, 1.807) is 13.2 Å². The zero-order chi connectivity index (χ0) is 13.7. The molecule has 0 unspecified atom stereocenters. The van der Waals surface area contributed by atoms with E-state index >= 15 is 0 Å². The molecule has 0 radical (unpaired) electrons. The highest BCUT2D eigenvalue weighted by Crippen LogP contribution is 2.43. The molecular weight excluding hydrogens is 265 g/mol. The number of nitrogens with one attached hydrogen (secondary N) is 1. The summed E-state index contributed by atoms with van der Waals surface area (Å²) < 4.78 is 18.9. The molecule has 1 aromatic carbocycles. The number of methoxy groups -OCH3 is 1. The molecule has 0 heterocycles. The van der Waals surface area contributed by atoms with Crippen LogP contribution in [0.5, 0.6) is 0 Å². The molecule has 1 aliphatic carbocycles. The molecule has 19 heavy (non-hydrogen) atoms. The molecule has 0 aliphatic heterocycles. The highest BCUT2D eigenvalue weighted by Gasteiger charge is 2.37. The van der Waals surface area contributed by atoms with Crippen molar-refractivity contribution in [2.75, 3.05) is 26.8 Å². The Morgan fingerprint density at radius 1 is 1.42 bits per heavy atom. The minimum atomic E-state index is -0.185. The van der Waals surface area contributed by atoms with Gasteiger partial charge in [-0.1, -0.05) is 24.1 Å². The van der Waals surface area contributed by atoms with Crippen LogP contribution < -0.4 is 5.32 Å². The van der Waals surface area contributed by atoms with Crippen molar-refractivity contribution in [1.29, 1.82) is 0 Å². The van der Waals surface area contributed by atoms with Crippen LogP contribution in [0.4, 0.5) is 4.39 Å². The molecule has 2 rings (SSSR count). The third-order valence-electron chi connectivity index (χ3n) is 3.98. The summed E-state index contributed by atoms with van der Waals surface area (Å²) in [7, 11) is 1.70. The standard InChI is InChI=1S/C15H21ClFNO/c1-19-8-7-18-11-15(5-2-6-15)10-12-3-4-13(16)9-14(12)17/h3-4,9,18H,2,5-8,10-11H2,1H3. The second kappa shape index (κ2) is 6.69. The first-order valence-electron chi connectivity index (χ1n) is 6.79. The molecule has 0 spiro atoms. The average molecular weight is 286 g/mol. The van der Waals surface area contributed by atoms with Crippen LogP contribution in [0.3, 0.4) is 0 Å². The fraction of sp³-hybridized carbons (Fsp3) is 0.600. The van der Waals surface area contributed by atoms with E-state index in [0.29, 0.717) is 11.6 Å². The SMILES string of the molecule is COCCNCC1(Cc2ccc(Cl)cc2F)CCC1. The molecule has 0 aromatic heterocycles. The Hall–Kier alpha value is -0.640. The van der Waals surface area contributed by atoms with Crippen molar-refractivity contribution in [2.24, 2.45) is 5.41 Å². The van der Waals surface area contributed by atoms with Crippen LogP contribution in [-0.2, 0) is 11.2 Å². The smallest absolute Gasteiger partial charge is 0.127 e. The number of ether oxygens (including phenoxy) is 1. The molecule has 1 fully saturated rings. The van der Waals surface area contributed by atoms with Gasteiger partial charge in [-0.05, 0) is 42.4 Å². The van der Waals surface area contributed by atoms with E-state index in [0.717, 1.165) is 37.9 Å². The van der Waals surface area contributed by atoms with Gasteiger partial charge in [-0.2, -0.15) is 0 Å². The van der Waals surface area contributed by atoms with Gasteiger partial charge in [0.1, 0.15) is 5.82 Å². The lowest BCUT2D eigenvalue weighted by molar-refractivity contribution is 0.122. The molecule has 0 saturated heterocycles. The monoisotopic (exact) mass is 285 g/mol. The van der Waals surface area contributed by atoms with Gasteiger partial charge in [0.25, 0.3) is 0 Å². The molecule has 0 amide bonds. The van der Waals surface area contributed by atoms with Gasteiger partial charge in [0.05, 0.1) is 6.61 Å². The van der Waals surface area contributed by atoms with Gasteiger partial charge >= 0.3 is 0 Å². The minimum Gasteiger partial charge on any atom is -0.383 e. The number of rotatable bonds is 7. The molecule has 2 nitrogen and oxygen atoms in total. The summed E-state index contributed by atoms with van der Waals surface area (Å²) in [4.78, 5) is 0. The molecule has 106 valence electrons. The van der Waals surface area contributed by atoms with Crippen LogP contribution in [0.25, 0.3) is 0 Å². The van der Waals surface area contributed by atoms with Crippen LogP contribution in [0, 0.1) is 11.2 Å². The molecule has 4 heteroatoms. The topological polar surface area (TPSA) is 21.3 Å². The molecule has 1 saturated carbocycles. The zero-order valence-corrected chi connectivity index (χ0v) is 12.1. The van der Waals surface area contributed by atoms with Crippen LogP contribution in [0.1, 0.15) is 24.8 Å². The molecule has 1 aromatic rings. The lowest BCUT2D eigenvalue weighted by Crippen LogP contribution is -2.42.